The van der Waals surface area contributed by atoms with Crippen molar-refractivity contribution in [3.05, 3.63) is 153 Å². The van der Waals surface area contributed by atoms with Crippen molar-refractivity contribution in [2.75, 3.05) is 63.2 Å². The quantitative estimate of drug-likeness (QED) is 0.0896. The first-order chi connectivity index (χ1) is 30.1. The maximum absolute atomic E-state index is 14.4. The Morgan fingerprint density at radius 3 is 1.27 bits per heavy atom. The first-order valence-electron chi connectivity index (χ1n) is 20.1. The van der Waals surface area contributed by atoms with Crippen LogP contribution in [0.5, 0.6) is 0 Å². The monoisotopic (exact) mass is 986 g/mol. The fourth-order valence-corrected chi connectivity index (χ4v) is 8.73. The number of halogens is 5. The largest absolute Gasteiger partial charge is 0.333 e. The summed E-state index contributed by atoms with van der Waals surface area (Å²) >= 11 is 0. The summed E-state index contributed by atoms with van der Waals surface area (Å²) in [6, 6.07) is 19.4. The lowest BCUT2D eigenvalue weighted by atomic mass is 9.94. The van der Waals surface area contributed by atoms with Crippen LogP contribution in [0.3, 0.4) is 0 Å². The highest BCUT2D eigenvalue weighted by molar-refractivity contribution is 14.0. The van der Waals surface area contributed by atoms with E-state index in [1.807, 2.05) is 26.2 Å². The number of hydrogen-bond donors (Lipinski definition) is 2. The van der Waals surface area contributed by atoms with Gasteiger partial charge < -0.3 is 24.9 Å². The lowest BCUT2D eigenvalue weighted by Gasteiger charge is -2.33. The number of nitrogens with zero attached hydrogens (tertiary/aromatic N) is 7. The van der Waals surface area contributed by atoms with Crippen molar-refractivity contribution in [1.29, 1.82) is 10.5 Å². The Morgan fingerprint density at radius 1 is 0.594 bits per heavy atom. The fourth-order valence-electron chi connectivity index (χ4n) is 8.73. The Labute approximate surface area is 383 Å². The summed E-state index contributed by atoms with van der Waals surface area (Å²) in [5.41, 5.74) is 2.85. The van der Waals surface area contributed by atoms with E-state index in [0.29, 0.717) is 89.3 Å². The van der Waals surface area contributed by atoms with Gasteiger partial charge in [-0.1, -0.05) is 24.3 Å². The Bertz CT molecular complexity index is 2490. The lowest BCUT2D eigenvalue weighted by Crippen LogP contribution is -2.47. The van der Waals surface area contributed by atoms with Crippen LogP contribution in [0.25, 0.3) is 0 Å². The van der Waals surface area contributed by atoms with Crippen molar-refractivity contribution in [3.63, 3.8) is 0 Å². The van der Waals surface area contributed by atoms with Crippen molar-refractivity contribution in [2.45, 2.75) is 24.9 Å². The Morgan fingerprint density at radius 2 is 0.938 bits per heavy atom. The highest BCUT2D eigenvalue weighted by Crippen LogP contribution is 2.41. The first-order valence-corrected chi connectivity index (χ1v) is 20.1. The summed E-state index contributed by atoms with van der Waals surface area (Å²) in [7, 11) is 4.02. The zero-order chi connectivity index (χ0) is 44.7. The van der Waals surface area contributed by atoms with Gasteiger partial charge in [0.1, 0.15) is 23.3 Å². The molecule has 4 aromatic rings. The summed E-state index contributed by atoms with van der Waals surface area (Å²) in [4.78, 5) is 61.0. The molecule has 0 aliphatic carbocycles. The summed E-state index contributed by atoms with van der Waals surface area (Å²) < 4.78 is 58.1. The summed E-state index contributed by atoms with van der Waals surface area (Å²) in [5.74, 6) is -4.25. The Balaban J connectivity index is 0.00000612. The third kappa shape index (κ3) is 8.88. The Kier molecular flexibility index (Phi) is 12.8. The zero-order valence-electron chi connectivity index (χ0n) is 34.6. The fraction of sp³-hybridized carbons (Fsp3) is 0.261. The van der Waals surface area contributed by atoms with Gasteiger partial charge in [0.2, 0.25) is 0 Å². The van der Waals surface area contributed by atoms with Gasteiger partial charge in [0.25, 0.3) is 11.8 Å². The number of benzene rings is 4. The summed E-state index contributed by atoms with van der Waals surface area (Å²) in [6.07, 6.45) is 1.07. The molecule has 64 heavy (non-hydrogen) atoms. The SMILES string of the molecule is C[N+](C)(CCCN1CC2=C(C1=O)[C@@H](c1ccc(C#N)cc1)NC(=O)N2c1cc(F)cc(F)c1)CCCN1CC2=C(C1=O)[C@@H](c1ccc(C#N)cc1)NC(=O)N2c1cc(F)cc(F)c1.I. The molecule has 2 atom stereocenters. The molecule has 18 heteroatoms. The first kappa shape index (κ1) is 45.3. The third-order valence-electron chi connectivity index (χ3n) is 11.7. The van der Waals surface area contributed by atoms with E-state index in [1.165, 1.54) is 0 Å². The van der Waals surface area contributed by atoms with Crippen LogP contribution >= 0.6 is 24.0 Å². The van der Waals surface area contributed by atoms with Gasteiger partial charge in [-0.15, -0.1) is 24.0 Å². The maximum atomic E-state index is 14.4. The second kappa shape index (κ2) is 18.1. The number of carbonyl (C=O) groups is 4. The molecule has 2 N–H and O–H groups in total. The van der Waals surface area contributed by atoms with Gasteiger partial charge in [0.05, 0.1) is 110 Å². The van der Waals surface area contributed by atoms with Gasteiger partial charge in [0, 0.05) is 38.1 Å². The van der Waals surface area contributed by atoms with E-state index in [2.05, 4.69) is 10.6 Å². The van der Waals surface area contributed by atoms with Crippen molar-refractivity contribution in [1.82, 2.24) is 20.4 Å². The molecular weight excluding hydrogens is 945 g/mol. The molecule has 0 aromatic heterocycles. The average Bonchev–Trinajstić information content (AvgIpc) is 3.74. The van der Waals surface area contributed by atoms with Crippen LogP contribution in [0.15, 0.2) is 107 Å². The second-order valence-electron chi connectivity index (χ2n) is 16.4. The minimum atomic E-state index is -0.887. The Hall–Kier alpha value is -6.77. The molecule has 4 aromatic carbocycles. The number of rotatable bonds is 12. The van der Waals surface area contributed by atoms with E-state index in [-0.39, 0.29) is 71.4 Å². The standard InChI is InChI=1S/C46H39F4N9O4.HI/c1-59(2,15-3-13-55-25-37-39(43(55)60)41(29-9-5-27(23-51)6-10-29)53-45(62)57(37)35-19-31(47)17-32(48)20-35)16-4-14-56-26-38-40(44(56)61)42(30-11-7-28(24-52)8-12-30)54-46(63)58(38)36-21-33(49)18-34(50)22-36;/h5-12,17-22,41-42H,3-4,13-16,25-26H2,1-2H3,(H-,53,54,62,63);1H/p+1/t41-,42-;/m1./s1. The van der Waals surface area contributed by atoms with Crippen LogP contribution in [0.2, 0.25) is 0 Å². The number of anilines is 2. The molecule has 6 amide bonds. The number of quaternary nitrogens is 1. The molecule has 0 bridgehead atoms. The normalized spacial score (nSPS) is 18.4. The van der Waals surface area contributed by atoms with E-state index >= 15 is 0 Å². The predicted octanol–water partition coefficient (Wildman–Crippen LogP) is 6.90. The molecule has 0 fully saturated rings. The molecule has 328 valence electrons. The number of nitriles is 2. The van der Waals surface area contributed by atoms with Crippen molar-refractivity contribution >= 4 is 59.2 Å². The molecule has 13 nitrogen and oxygen atoms in total. The maximum Gasteiger partial charge on any atom is 0.327 e. The number of hydrogen-bond acceptors (Lipinski definition) is 6. The highest BCUT2D eigenvalue weighted by Gasteiger charge is 2.46. The number of amides is 6. The molecule has 0 radical (unpaired) electrons. The van der Waals surface area contributed by atoms with Crippen molar-refractivity contribution in [3.8, 4) is 12.1 Å². The molecule has 0 spiro atoms. The molecular formula is C46H41F4IN9O4+. The molecule has 4 aliphatic rings. The number of carbonyl (C=O) groups excluding carboxylic acids is 4. The minimum Gasteiger partial charge on any atom is -0.333 e. The average molecular weight is 987 g/mol. The van der Waals surface area contributed by atoms with Crippen molar-refractivity contribution < 1.29 is 41.2 Å². The number of urea groups is 2. The lowest BCUT2D eigenvalue weighted by molar-refractivity contribution is -0.890. The van der Waals surface area contributed by atoms with Gasteiger partial charge in [-0.05, 0) is 59.7 Å². The van der Waals surface area contributed by atoms with Gasteiger partial charge in [-0.3, -0.25) is 19.4 Å². The smallest absolute Gasteiger partial charge is 0.327 e. The summed E-state index contributed by atoms with van der Waals surface area (Å²) in [6.45, 7) is 1.81. The van der Waals surface area contributed by atoms with E-state index in [4.69, 9.17) is 0 Å². The van der Waals surface area contributed by atoms with E-state index in [0.717, 1.165) is 34.1 Å². The third-order valence-corrected chi connectivity index (χ3v) is 11.7. The zero-order valence-corrected chi connectivity index (χ0v) is 36.9. The predicted molar refractivity (Wildman–Crippen MR) is 236 cm³/mol. The molecule has 8 rings (SSSR count). The molecule has 0 unspecified atom stereocenters. The minimum absolute atomic E-state index is 0. The van der Waals surface area contributed by atoms with Crippen LogP contribution in [-0.2, 0) is 9.59 Å². The molecule has 4 aliphatic heterocycles. The summed E-state index contributed by atoms with van der Waals surface area (Å²) in [5, 5.41) is 24.2. The van der Waals surface area contributed by atoms with Gasteiger partial charge in [-0.2, -0.15) is 10.5 Å². The van der Waals surface area contributed by atoms with E-state index < -0.39 is 47.4 Å². The number of nitrogens with one attached hydrogen (secondary N) is 2. The molecule has 0 saturated heterocycles. The van der Waals surface area contributed by atoms with Gasteiger partial charge in [-0.25, -0.2) is 27.2 Å². The molecule has 4 heterocycles. The van der Waals surface area contributed by atoms with Gasteiger partial charge >= 0.3 is 12.1 Å². The van der Waals surface area contributed by atoms with Gasteiger partial charge in [0.15, 0.2) is 0 Å². The van der Waals surface area contributed by atoms with Crippen LogP contribution in [-0.4, -0.2) is 91.5 Å². The van der Waals surface area contributed by atoms with Crippen LogP contribution in [0, 0.1) is 45.9 Å². The second-order valence-corrected chi connectivity index (χ2v) is 16.4. The topological polar surface area (TPSA) is 153 Å². The van der Waals surface area contributed by atoms with E-state index in [1.54, 1.807) is 58.3 Å². The molecule has 0 saturated carbocycles. The van der Waals surface area contributed by atoms with Crippen LogP contribution in [0.4, 0.5) is 38.5 Å². The highest BCUT2D eigenvalue weighted by atomic mass is 127. The van der Waals surface area contributed by atoms with E-state index in [9.17, 15) is 47.3 Å². The van der Waals surface area contributed by atoms with Crippen molar-refractivity contribution in [2.24, 2.45) is 0 Å². The van der Waals surface area contributed by atoms with Crippen LogP contribution in [0.1, 0.15) is 47.2 Å². The van der Waals surface area contributed by atoms with Crippen LogP contribution < -0.4 is 20.4 Å².